The van der Waals surface area contributed by atoms with Crippen LogP contribution in [0.3, 0.4) is 0 Å². The summed E-state index contributed by atoms with van der Waals surface area (Å²) in [5.74, 6) is -2.47. The summed E-state index contributed by atoms with van der Waals surface area (Å²) in [4.78, 5) is 21.4. The van der Waals surface area contributed by atoms with E-state index in [1.807, 2.05) is 0 Å². The van der Waals surface area contributed by atoms with Gasteiger partial charge in [-0.25, -0.2) is 4.39 Å². The Hall–Kier alpha value is -2.54. The number of carbonyl (C=O) groups is 1. The number of carbonyl (C=O) groups excluding carboxylic acids is 1. The molecular formula is C13H7ClF2N2O3. The fraction of sp³-hybridized carbons (Fsp3) is 0. The smallest absolute Gasteiger partial charge is 0.304 e. The Bertz CT molecular complexity index is 737. The highest BCUT2D eigenvalue weighted by atomic mass is 35.5. The molecule has 0 saturated heterocycles. The van der Waals surface area contributed by atoms with Crippen LogP contribution in [-0.4, -0.2) is 10.8 Å². The van der Waals surface area contributed by atoms with Gasteiger partial charge in [0.25, 0.3) is 5.91 Å². The third-order valence-corrected chi connectivity index (χ3v) is 2.87. The number of nitrogens with one attached hydrogen (secondary N) is 1. The average molecular weight is 313 g/mol. The molecule has 21 heavy (non-hydrogen) atoms. The predicted molar refractivity (Wildman–Crippen MR) is 72.4 cm³/mol. The Morgan fingerprint density at radius 3 is 2.43 bits per heavy atom. The molecule has 5 nitrogen and oxygen atoms in total. The van der Waals surface area contributed by atoms with E-state index in [4.69, 9.17) is 11.6 Å². The zero-order valence-corrected chi connectivity index (χ0v) is 11.0. The third-order valence-electron chi connectivity index (χ3n) is 2.58. The molecule has 0 bridgehead atoms. The van der Waals surface area contributed by atoms with E-state index in [9.17, 15) is 23.7 Å². The summed E-state index contributed by atoms with van der Waals surface area (Å²) >= 11 is 5.56. The van der Waals surface area contributed by atoms with Crippen LogP contribution in [0.2, 0.25) is 5.02 Å². The lowest BCUT2D eigenvalue weighted by molar-refractivity contribution is -0.387. The first-order valence-corrected chi connectivity index (χ1v) is 5.96. The Kier molecular flexibility index (Phi) is 4.13. The molecule has 0 aliphatic carbocycles. The Labute approximate surface area is 122 Å². The normalized spacial score (nSPS) is 10.2. The monoisotopic (exact) mass is 312 g/mol. The van der Waals surface area contributed by atoms with Crippen molar-refractivity contribution in [2.24, 2.45) is 0 Å². The molecule has 0 atom stereocenters. The van der Waals surface area contributed by atoms with Gasteiger partial charge in [0.05, 0.1) is 9.95 Å². The van der Waals surface area contributed by atoms with Crippen molar-refractivity contribution in [3.05, 3.63) is 68.7 Å². The van der Waals surface area contributed by atoms with E-state index in [1.54, 1.807) is 0 Å². The van der Waals surface area contributed by atoms with Gasteiger partial charge in [-0.2, -0.15) is 4.39 Å². The van der Waals surface area contributed by atoms with E-state index in [0.717, 1.165) is 24.3 Å². The first kappa shape index (κ1) is 14.9. The quantitative estimate of drug-likeness (QED) is 0.692. The summed E-state index contributed by atoms with van der Waals surface area (Å²) in [7, 11) is 0. The molecule has 0 spiro atoms. The van der Waals surface area contributed by atoms with Crippen molar-refractivity contribution in [3.63, 3.8) is 0 Å². The minimum Gasteiger partial charge on any atom is -0.322 e. The maximum Gasteiger partial charge on any atom is 0.304 e. The van der Waals surface area contributed by atoms with Crippen molar-refractivity contribution in [3.8, 4) is 0 Å². The first-order valence-electron chi connectivity index (χ1n) is 5.59. The van der Waals surface area contributed by atoms with Gasteiger partial charge in [-0.05, 0) is 30.3 Å². The van der Waals surface area contributed by atoms with Crippen LogP contribution in [0, 0.1) is 21.7 Å². The number of benzene rings is 2. The molecule has 0 fully saturated rings. The molecule has 0 radical (unpaired) electrons. The van der Waals surface area contributed by atoms with Crippen molar-refractivity contribution < 1.29 is 18.5 Å². The third kappa shape index (κ3) is 3.32. The zero-order valence-electron chi connectivity index (χ0n) is 10.3. The minimum atomic E-state index is -1.12. The Balaban J connectivity index is 2.22. The topological polar surface area (TPSA) is 72.2 Å². The lowest BCUT2D eigenvalue weighted by Gasteiger charge is -2.06. The van der Waals surface area contributed by atoms with E-state index >= 15 is 0 Å². The Morgan fingerprint density at radius 2 is 1.86 bits per heavy atom. The van der Waals surface area contributed by atoms with Crippen molar-refractivity contribution >= 4 is 28.9 Å². The van der Waals surface area contributed by atoms with Crippen LogP contribution in [0.25, 0.3) is 0 Å². The van der Waals surface area contributed by atoms with Crippen molar-refractivity contribution in [1.82, 2.24) is 0 Å². The largest absolute Gasteiger partial charge is 0.322 e. The summed E-state index contributed by atoms with van der Waals surface area (Å²) in [6, 6.07) is 6.29. The fourth-order valence-corrected chi connectivity index (χ4v) is 1.75. The van der Waals surface area contributed by atoms with Gasteiger partial charge in [-0.3, -0.25) is 14.9 Å². The lowest BCUT2D eigenvalue weighted by Crippen LogP contribution is -2.12. The molecule has 0 unspecified atom stereocenters. The maximum absolute atomic E-state index is 13.4. The second kappa shape index (κ2) is 5.84. The van der Waals surface area contributed by atoms with Gasteiger partial charge >= 0.3 is 5.69 Å². The van der Waals surface area contributed by atoms with Crippen LogP contribution in [0.15, 0.2) is 36.4 Å². The maximum atomic E-state index is 13.4. The summed E-state index contributed by atoms with van der Waals surface area (Å²) < 4.78 is 26.4. The number of amides is 1. The second-order valence-electron chi connectivity index (χ2n) is 4.01. The number of halogens is 3. The van der Waals surface area contributed by atoms with Crippen LogP contribution >= 0.6 is 11.6 Å². The molecule has 2 rings (SSSR count). The molecule has 108 valence electrons. The molecule has 1 amide bonds. The average Bonchev–Trinajstić information content (AvgIpc) is 2.42. The molecule has 0 aliphatic rings. The summed E-state index contributed by atoms with van der Waals surface area (Å²) in [6.45, 7) is 0. The van der Waals surface area contributed by atoms with Crippen LogP contribution in [0.5, 0.6) is 0 Å². The van der Waals surface area contributed by atoms with Gasteiger partial charge in [-0.15, -0.1) is 0 Å². The molecule has 0 heterocycles. The van der Waals surface area contributed by atoms with Crippen LogP contribution < -0.4 is 5.32 Å². The van der Waals surface area contributed by atoms with Gasteiger partial charge < -0.3 is 5.32 Å². The second-order valence-corrected chi connectivity index (χ2v) is 4.41. The number of anilines is 1. The van der Waals surface area contributed by atoms with E-state index < -0.39 is 28.2 Å². The highest BCUT2D eigenvalue weighted by Crippen LogP contribution is 2.21. The van der Waals surface area contributed by atoms with Gasteiger partial charge in [0.2, 0.25) is 5.82 Å². The molecule has 0 saturated carbocycles. The molecule has 0 aliphatic heterocycles. The highest BCUT2D eigenvalue weighted by Gasteiger charge is 2.17. The molecule has 2 aromatic rings. The lowest BCUT2D eigenvalue weighted by atomic mass is 10.2. The van der Waals surface area contributed by atoms with Gasteiger partial charge in [0, 0.05) is 17.3 Å². The predicted octanol–water partition coefficient (Wildman–Crippen LogP) is 3.78. The summed E-state index contributed by atoms with van der Waals surface area (Å²) in [5.41, 5.74) is -0.625. The molecule has 0 aromatic heterocycles. The number of nitrogens with zero attached hydrogens (tertiary/aromatic N) is 1. The number of nitro groups is 1. The Morgan fingerprint density at radius 1 is 1.14 bits per heavy atom. The van der Waals surface area contributed by atoms with Crippen molar-refractivity contribution in [2.45, 2.75) is 0 Å². The molecule has 8 heteroatoms. The van der Waals surface area contributed by atoms with Gasteiger partial charge in [0.15, 0.2) is 0 Å². The molecular weight excluding hydrogens is 306 g/mol. The minimum absolute atomic E-state index is 0.112. The SMILES string of the molecule is O=C(Nc1ccc(F)c(Cl)c1)c1ccc([N+](=O)[O-])c(F)c1. The van der Waals surface area contributed by atoms with Gasteiger partial charge in [-0.1, -0.05) is 11.6 Å². The number of hydrogen-bond donors (Lipinski definition) is 1. The highest BCUT2D eigenvalue weighted by molar-refractivity contribution is 6.31. The van der Waals surface area contributed by atoms with Crippen LogP contribution in [-0.2, 0) is 0 Å². The fourth-order valence-electron chi connectivity index (χ4n) is 1.57. The van der Waals surface area contributed by atoms with E-state index in [-0.39, 0.29) is 16.3 Å². The van der Waals surface area contributed by atoms with Crippen molar-refractivity contribution in [1.29, 1.82) is 0 Å². The van der Waals surface area contributed by atoms with E-state index in [0.29, 0.717) is 0 Å². The standard InChI is InChI=1S/C13H7ClF2N2O3/c14-9-6-8(2-3-10(9)15)17-13(19)7-1-4-12(18(20)21)11(16)5-7/h1-6H,(H,17,19). The van der Waals surface area contributed by atoms with Crippen LogP contribution in [0.1, 0.15) is 10.4 Å². The number of rotatable bonds is 3. The van der Waals surface area contributed by atoms with Crippen LogP contribution in [0.4, 0.5) is 20.2 Å². The number of nitro benzene ring substituents is 1. The zero-order chi connectivity index (χ0) is 15.6. The first-order chi connectivity index (χ1) is 9.88. The number of hydrogen-bond acceptors (Lipinski definition) is 3. The summed E-state index contributed by atoms with van der Waals surface area (Å²) in [6.07, 6.45) is 0. The van der Waals surface area contributed by atoms with E-state index in [1.165, 1.54) is 12.1 Å². The molecule has 1 N–H and O–H groups in total. The van der Waals surface area contributed by atoms with Crippen molar-refractivity contribution in [2.75, 3.05) is 5.32 Å². The van der Waals surface area contributed by atoms with Gasteiger partial charge in [0.1, 0.15) is 5.82 Å². The van der Waals surface area contributed by atoms with E-state index in [2.05, 4.69) is 5.32 Å². The summed E-state index contributed by atoms with van der Waals surface area (Å²) in [5, 5.41) is 12.7. The molecule has 2 aromatic carbocycles.